The highest BCUT2D eigenvalue weighted by atomic mass is 16.5. The van der Waals surface area contributed by atoms with E-state index in [4.69, 9.17) is 23.4 Å². The van der Waals surface area contributed by atoms with Gasteiger partial charge in [-0.3, -0.25) is 13.7 Å². The fraction of sp³-hybridized carbons (Fsp3) is 0.0769. The second-order valence-electron chi connectivity index (χ2n) is 17.3. The molecule has 9 aromatic carbocycles. The van der Waals surface area contributed by atoms with E-state index in [0.29, 0.717) is 46.9 Å². The standard InChI is InChI=1S/C65H49N5O/c1-3-44(4-2)47-37-38-66-63(39-47)70-58-34-16-13-29-55(58)64-61(69-56-32-14-11-27-53(56)54-28-12-15-33-57(54)69)41-50(42-62(64)70)71-49-26-19-25-48(40-49)67-43-68(60-36-18-17-35-59(60)67)65-51(45-21-7-5-8-22-45)30-20-31-52(65)46-23-9-6-10-24-46/h5-42,44H,3-4H2,1-2H3/i5D,6D,7D,8D,9D,10D,21D,22D,23D,24D,44D. The zero-order valence-corrected chi connectivity index (χ0v) is 38.7. The van der Waals surface area contributed by atoms with Crippen LogP contribution in [0.4, 0.5) is 0 Å². The number of fused-ring (bicyclic) bond motifs is 7. The first-order chi connectivity index (χ1) is 39.6. The molecule has 0 aliphatic rings. The molecule has 6 heteroatoms. The molecule has 4 aromatic heterocycles. The summed E-state index contributed by atoms with van der Waals surface area (Å²) in [5, 5.41) is 4.17. The molecule has 0 aliphatic carbocycles. The van der Waals surface area contributed by atoms with Crippen LogP contribution < -0.4 is 9.30 Å². The molecule has 0 N–H and O–H groups in total. The van der Waals surface area contributed by atoms with E-state index >= 15 is 0 Å². The molecule has 0 saturated carbocycles. The van der Waals surface area contributed by atoms with E-state index in [1.807, 2.05) is 105 Å². The molecule has 0 bridgehead atoms. The van der Waals surface area contributed by atoms with Crippen molar-refractivity contribution < 1.29 is 24.4 Å². The first-order valence-electron chi connectivity index (χ1n) is 29.2. The summed E-state index contributed by atoms with van der Waals surface area (Å²) < 4.78 is 112. The van der Waals surface area contributed by atoms with Crippen molar-refractivity contribution in [1.29, 1.82) is 0 Å². The lowest BCUT2D eigenvalue weighted by molar-refractivity contribution is -0.571. The first-order valence-corrected chi connectivity index (χ1v) is 23.7. The minimum atomic E-state index is -0.814. The van der Waals surface area contributed by atoms with Crippen LogP contribution >= 0.6 is 0 Å². The zero-order chi connectivity index (χ0) is 57.0. The highest BCUT2D eigenvalue weighted by molar-refractivity contribution is 6.16. The number of benzene rings is 9. The Balaban J connectivity index is 1.03. The average molecular weight is 927 g/mol. The second-order valence-corrected chi connectivity index (χ2v) is 17.3. The molecule has 71 heavy (non-hydrogen) atoms. The third kappa shape index (κ3) is 7.09. The summed E-state index contributed by atoms with van der Waals surface area (Å²) in [6, 6.07) is 47.4. The number of hydrogen-bond donors (Lipinski definition) is 0. The average Bonchev–Trinajstić information content (AvgIpc) is 3.14. The van der Waals surface area contributed by atoms with Gasteiger partial charge in [-0.2, -0.15) is 0 Å². The van der Waals surface area contributed by atoms with Gasteiger partial charge in [0.1, 0.15) is 17.3 Å². The number of aromatic nitrogens is 5. The van der Waals surface area contributed by atoms with Crippen molar-refractivity contribution in [3.05, 3.63) is 242 Å². The van der Waals surface area contributed by atoms with Gasteiger partial charge in [-0.1, -0.05) is 177 Å². The van der Waals surface area contributed by atoms with Crippen LogP contribution in [0.25, 0.3) is 99.8 Å². The lowest BCUT2D eigenvalue weighted by Crippen LogP contribution is -2.31. The number of ether oxygens (including phenoxy) is 1. The summed E-state index contributed by atoms with van der Waals surface area (Å²) in [5.74, 6) is 0.841. The molecule has 0 aliphatic heterocycles. The second kappa shape index (κ2) is 17.5. The molecule has 0 saturated heterocycles. The molecule has 0 fully saturated rings. The number of hydrogen-bond acceptors (Lipinski definition) is 2. The molecule has 13 aromatic rings. The van der Waals surface area contributed by atoms with Crippen LogP contribution in [0.2, 0.25) is 0 Å². The number of rotatable bonds is 11. The fourth-order valence-corrected chi connectivity index (χ4v) is 10.3. The summed E-state index contributed by atoms with van der Waals surface area (Å²) >= 11 is 0. The number of para-hydroxylation sites is 6. The summed E-state index contributed by atoms with van der Waals surface area (Å²) in [4.78, 5) is 4.99. The van der Waals surface area contributed by atoms with E-state index in [9.17, 15) is 1.37 Å². The molecule has 4 heterocycles. The number of pyridine rings is 1. The number of imidazole rings is 1. The van der Waals surface area contributed by atoms with Crippen LogP contribution in [0.3, 0.4) is 0 Å². The normalized spacial score (nSPS) is 14.1. The van der Waals surface area contributed by atoms with E-state index in [0.717, 1.165) is 54.9 Å². The molecule has 0 spiro atoms. The van der Waals surface area contributed by atoms with Gasteiger partial charge in [0.25, 0.3) is 6.33 Å². The maximum atomic E-state index is 9.45. The summed E-state index contributed by atoms with van der Waals surface area (Å²) in [5.41, 5.74) is 7.46. The summed E-state index contributed by atoms with van der Waals surface area (Å²) in [7, 11) is 0. The fourth-order valence-electron chi connectivity index (χ4n) is 10.3. The van der Waals surface area contributed by atoms with Crippen molar-refractivity contribution in [2.45, 2.75) is 32.6 Å². The van der Waals surface area contributed by atoms with E-state index in [1.54, 1.807) is 33.5 Å². The third-order valence-electron chi connectivity index (χ3n) is 13.5. The number of nitrogens with zero attached hydrogens (tertiary/aromatic N) is 5. The Hall–Kier alpha value is -9.00. The van der Waals surface area contributed by atoms with Crippen LogP contribution in [-0.4, -0.2) is 18.7 Å². The van der Waals surface area contributed by atoms with Gasteiger partial charge in [-0.05, 0) is 95.1 Å². The molecule has 13 rings (SSSR count). The summed E-state index contributed by atoms with van der Waals surface area (Å²) in [6.45, 7) is 4.08. The van der Waals surface area contributed by atoms with Crippen LogP contribution in [0, 0.1) is 6.33 Å². The SMILES string of the molecule is [2H]c1c([2H])c([2H])c(-c2cccc(-c3c([2H])c([2H])c([2H])c([2H])c3[2H])c2-[n+]2[c-]n(-c3cccc(Oc4cc(-n5c6ccccc6c6ccccc65)c5c6ccccc6n(-c6cc(C([2H])(CC)CC)ccn6)c5c4)c3)c3ccccc32)c([2H])c1[2H]. The summed E-state index contributed by atoms with van der Waals surface area (Å²) in [6.07, 6.45) is 6.53. The maximum absolute atomic E-state index is 9.45. The maximum Gasteiger partial charge on any atom is 0.269 e. The van der Waals surface area contributed by atoms with Gasteiger partial charge in [0, 0.05) is 41.2 Å². The minimum absolute atomic E-state index is 0.144. The lowest BCUT2D eigenvalue weighted by Gasteiger charge is -2.17. The van der Waals surface area contributed by atoms with E-state index in [2.05, 4.69) is 70.1 Å². The van der Waals surface area contributed by atoms with Crippen LogP contribution in [0.1, 0.15) is 53.2 Å². The van der Waals surface area contributed by atoms with E-state index in [1.165, 1.54) is 0 Å². The Morgan fingerprint density at radius 1 is 0.563 bits per heavy atom. The van der Waals surface area contributed by atoms with E-state index < -0.39 is 66.3 Å². The monoisotopic (exact) mass is 926 g/mol. The van der Waals surface area contributed by atoms with Crippen molar-refractivity contribution in [3.8, 4) is 56.6 Å². The van der Waals surface area contributed by atoms with E-state index in [-0.39, 0.29) is 27.9 Å². The van der Waals surface area contributed by atoms with Crippen molar-refractivity contribution in [2.24, 2.45) is 0 Å². The van der Waals surface area contributed by atoms with Gasteiger partial charge in [0.2, 0.25) is 0 Å². The van der Waals surface area contributed by atoms with Gasteiger partial charge in [-0.25, -0.2) is 4.98 Å². The Kier molecular flexibility index (Phi) is 7.87. The lowest BCUT2D eigenvalue weighted by atomic mass is 9.95. The molecule has 340 valence electrons. The third-order valence-corrected chi connectivity index (χ3v) is 13.5. The van der Waals surface area contributed by atoms with Crippen LogP contribution in [-0.2, 0) is 0 Å². The first kappa shape index (κ1) is 31.9. The predicted octanol–water partition coefficient (Wildman–Crippen LogP) is 16.3. The van der Waals surface area contributed by atoms with Gasteiger partial charge in [-0.15, -0.1) is 0 Å². The van der Waals surface area contributed by atoms with Gasteiger partial charge >= 0.3 is 0 Å². The minimum Gasteiger partial charge on any atom is -0.458 e. The highest BCUT2D eigenvalue weighted by Crippen LogP contribution is 2.43. The molecule has 6 nitrogen and oxygen atoms in total. The van der Waals surface area contributed by atoms with Crippen LogP contribution in [0.5, 0.6) is 11.5 Å². The quantitative estimate of drug-likeness (QED) is 0.0958. The van der Waals surface area contributed by atoms with Crippen molar-refractivity contribution in [3.63, 3.8) is 0 Å². The molecule has 0 atom stereocenters. The van der Waals surface area contributed by atoms with Gasteiger partial charge < -0.3 is 9.30 Å². The molecular formula is C65H49N5O. The molecule has 0 unspecified atom stereocenters. The Bertz CT molecular complexity index is 4610. The van der Waals surface area contributed by atoms with Gasteiger partial charge in [0.05, 0.1) is 63.9 Å². The molecule has 0 amide bonds. The highest BCUT2D eigenvalue weighted by Gasteiger charge is 2.24. The Morgan fingerprint density at radius 2 is 1.15 bits per heavy atom. The topological polar surface area (TPSA) is 40.8 Å². The van der Waals surface area contributed by atoms with Crippen molar-refractivity contribution >= 4 is 54.6 Å². The zero-order valence-electron chi connectivity index (χ0n) is 49.7. The largest absolute Gasteiger partial charge is 0.458 e. The smallest absolute Gasteiger partial charge is 0.269 e. The predicted molar refractivity (Wildman–Crippen MR) is 291 cm³/mol. The van der Waals surface area contributed by atoms with Crippen LogP contribution in [0.15, 0.2) is 230 Å². The molecule has 0 radical (unpaired) electrons. The Labute approximate surface area is 428 Å². The van der Waals surface area contributed by atoms with Crippen molar-refractivity contribution in [2.75, 3.05) is 0 Å². The van der Waals surface area contributed by atoms with Gasteiger partial charge in [0.15, 0.2) is 0 Å². The van der Waals surface area contributed by atoms with Crippen molar-refractivity contribution in [1.82, 2.24) is 18.7 Å². The molecular weight excluding hydrogens is 867 g/mol. The Morgan fingerprint density at radius 3 is 1.82 bits per heavy atom.